The molecule has 3 rings (SSSR count). The van der Waals surface area contributed by atoms with Gasteiger partial charge in [-0.3, -0.25) is 9.80 Å². The number of nitrogens with zero attached hydrogens (tertiary/aromatic N) is 2. The fourth-order valence-electron chi connectivity index (χ4n) is 2.38. The third-order valence-corrected chi connectivity index (χ3v) is 3.53. The number of hydrazone groups is 1. The van der Waals surface area contributed by atoms with Gasteiger partial charge in [0, 0.05) is 0 Å². The molecule has 1 amide bonds. The Kier molecular flexibility index (Phi) is 3.78. The molecule has 112 valence electrons. The number of nitrogens with one attached hydrogen (secondary N) is 1. The van der Waals surface area contributed by atoms with Gasteiger partial charge in [-0.25, -0.2) is 0 Å². The zero-order valence-corrected chi connectivity index (χ0v) is 12.5. The first-order chi connectivity index (χ1) is 10.7. The molecule has 0 fully saturated rings. The monoisotopic (exact) mass is 295 g/mol. The molecule has 1 heterocycles. The molecule has 2 aromatic rings. The molecule has 2 aromatic carbocycles. The van der Waals surface area contributed by atoms with E-state index in [1.807, 2.05) is 55.5 Å². The number of carbonyl (C=O) groups excluding carboxylic acids is 1. The van der Waals surface area contributed by atoms with Crippen molar-refractivity contribution in [3.05, 3.63) is 54.1 Å². The molecule has 0 bridgehead atoms. The first kappa shape index (κ1) is 14.1. The van der Waals surface area contributed by atoms with E-state index in [9.17, 15) is 4.79 Å². The Bertz CT molecular complexity index is 723. The van der Waals surface area contributed by atoms with Crippen LogP contribution in [0.15, 0.2) is 53.6 Å². The van der Waals surface area contributed by atoms with Crippen molar-refractivity contribution < 1.29 is 9.53 Å². The lowest BCUT2D eigenvalue weighted by Crippen LogP contribution is -2.35. The van der Waals surface area contributed by atoms with Gasteiger partial charge in [0.1, 0.15) is 12.3 Å². The zero-order chi connectivity index (χ0) is 15.5. The minimum atomic E-state index is -0.0648. The van der Waals surface area contributed by atoms with Gasteiger partial charge in [0.05, 0.1) is 24.2 Å². The van der Waals surface area contributed by atoms with E-state index in [-0.39, 0.29) is 12.5 Å². The maximum Gasteiger partial charge on any atom is 0.246 e. The molecule has 5 nitrogen and oxygen atoms in total. The quantitative estimate of drug-likeness (QED) is 0.886. The first-order valence-corrected chi connectivity index (χ1v) is 7.03. The molecule has 1 aliphatic rings. The van der Waals surface area contributed by atoms with Crippen LogP contribution < -0.4 is 15.1 Å². The summed E-state index contributed by atoms with van der Waals surface area (Å²) in [5.41, 5.74) is 3.51. The van der Waals surface area contributed by atoms with Crippen molar-refractivity contribution >= 4 is 23.0 Å². The maximum atomic E-state index is 11.8. The van der Waals surface area contributed by atoms with Crippen molar-refractivity contribution in [3.8, 4) is 5.75 Å². The highest BCUT2D eigenvalue weighted by molar-refractivity contribution is 6.03. The van der Waals surface area contributed by atoms with Crippen molar-refractivity contribution in [1.29, 1.82) is 0 Å². The van der Waals surface area contributed by atoms with Crippen LogP contribution >= 0.6 is 0 Å². The summed E-state index contributed by atoms with van der Waals surface area (Å²) in [6, 6.07) is 15.3. The van der Waals surface area contributed by atoms with Crippen LogP contribution in [0.1, 0.15) is 12.5 Å². The summed E-state index contributed by atoms with van der Waals surface area (Å²) in [4.78, 5) is 11.8. The minimum absolute atomic E-state index is 0.0648. The molecule has 0 aliphatic carbocycles. The van der Waals surface area contributed by atoms with Crippen LogP contribution in [0.3, 0.4) is 0 Å². The maximum absolute atomic E-state index is 11.8. The van der Waals surface area contributed by atoms with E-state index in [4.69, 9.17) is 4.74 Å². The number of anilines is 2. The van der Waals surface area contributed by atoms with Crippen molar-refractivity contribution in [2.24, 2.45) is 5.10 Å². The number of fused-ring (bicyclic) bond motifs is 1. The van der Waals surface area contributed by atoms with Crippen LogP contribution in [0.25, 0.3) is 0 Å². The van der Waals surface area contributed by atoms with E-state index in [2.05, 4.69) is 10.4 Å². The van der Waals surface area contributed by atoms with Crippen molar-refractivity contribution in [3.63, 3.8) is 0 Å². The molecule has 1 N–H and O–H groups in total. The molecule has 0 aromatic heterocycles. The first-order valence-electron chi connectivity index (χ1n) is 7.03. The summed E-state index contributed by atoms with van der Waals surface area (Å²) in [7, 11) is 1.64. The Morgan fingerprint density at radius 3 is 2.64 bits per heavy atom. The van der Waals surface area contributed by atoms with Crippen LogP contribution in [-0.4, -0.2) is 25.3 Å². The number of methoxy groups -OCH3 is 1. The van der Waals surface area contributed by atoms with E-state index in [1.54, 1.807) is 12.1 Å². The van der Waals surface area contributed by atoms with E-state index in [0.717, 1.165) is 28.4 Å². The second kappa shape index (κ2) is 5.89. The Morgan fingerprint density at radius 1 is 1.18 bits per heavy atom. The fourth-order valence-corrected chi connectivity index (χ4v) is 2.38. The van der Waals surface area contributed by atoms with Crippen molar-refractivity contribution in [2.75, 3.05) is 24.0 Å². The fraction of sp³-hybridized carbons (Fsp3) is 0.176. The van der Waals surface area contributed by atoms with Gasteiger partial charge in [0.2, 0.25) is 5.91 Å². The van der Waals surface area contributed by atoms with Crippen LogP contribution in [0.2, 0.25) is 0 Å². The number of amides is 1. The lowest BCUT2D eigenvalue weighted by Gasteiger charge is -2.27. The highest BCUT2D eigenvalue weighted by Crippen LogP contribution is 2.29. The van der Waals surface area contributed by atoms with Crippen LogP contribution in [-0.2, 0) is 4.79 Å². The topological polar surface area (TPSA) is 53.9 Å². The SMILES string of the molecule is COc1ccc(/C(C)=N\N2CC(=O)Nc3ccccc32)cc1. The summed E-state index contributed by atoms with van der Waals surface area (Å²) >= 11 is 0. The van der Waals surface area contributed by atoms with Gasteiger partial charge in [-0.2, -0.15) is 5.10 Å². The summed E-state index contributed by atoms with van der Waals surface area (Å²) in [5.74, 6) is 0.740. The van der Waals surface area contributed by atoms with Gasteiger partial charge in [0.25, 0.3) is 0 Å². The normalized spacial score (nSPS) is 14.4. The Morgan fingerprint density at radius 2 is 1.91 bits per heavy atom. The number of benzene rings is 2. The average molecular weight is 295 g/mol. The second-order valence-electron chi connectivity index (χ2n) is 5.04. The lowest BCUT2D eigenvalue weighted by molar-refractivity contribution is -0.115. The summed E-state index contributed by atoms with van der Waals surface area (Å²) in [6.45, 7) is 2.14. The Labute approximate surface area is 129 Å². The van der Waals surface area contributed by atoms with E-state index >= 15 is 0 Å². The summed E-state index contributed by atoms with van der Waals surface area (Å²) in [5, 5.41) is 9.18. The molecule has 0 saturated carbocycles. The molecule has 0 radical (unpaired) electrons. The van der Waals surface area contributed by atoms with Gasteiger partial charge in [0.15, 0.2) is 0 Å². The van der Waals surface area contributed by atoms with Gasteiger partial charge in [-0.15, -0.1) is 0 Å². The molecule has 0 unspecified atom stereocenters. The molecular weight excluding hydrogens is 278 g/mol. The standard InChI is InChI=1S/C17H17N3O2/c1-12(13-7-9-14(22-2)10-8-13)19-20-11-17(21)18-15-5-3-4-6-16(15)20/h3-10H,11H2,1-2H3,(H,18,21)/b19-12-. The summed E-state index contributed by atoms with van der Waals surface area (Å²) in [6.07, 6.45) is 0. The number of ether oxygens (including phenoxy) is 1. The Balaban J connectivity index is 1.91. The predicted molar refractivity (Wildman–Crippen MR) is 87.6 cm³/mol. The smallest absolute Gasteiger partial charge is 0.246 e. The number of rotatable bonds is 3. The molecule has 0 saturated heterocycles. The van der Waals surface area contributed by atoms with Crippen molar-refractivity contribution in [2.45, 2.75) is 6.92 Å². The van der Waals surface area contributed by atoms with Crippen LogP contribution in [0, 0.1) is 0 Å². The van der Waals surface area contributed by atoms with Crippen LogP contribution in [0.4, 0.5) is 11.4 Å². The zero-order valence-electron chi connectivity index (χ0n) is 12.5. The van der Waals surface area contributed by atoms with Crippen LogP contribution in [0.5, 0.6) is 5.75 Å². The lowest BCUT2D eigenvalue weighted by atomic mass is 10.1. The molecular formula is C17H17N3O2. The molecule has 1 aliphatic heterocycles. The molecule has 0 atom stereocenters. The third kappa shape index (κ3) is 2.79. The Hall–Kier alpha value is -2.82. The number of hydrogen-bond acceptors (Lipinski definition) is 4. The number of hydrogen-bond donors (Lipinski definition) is 1. The van der Waals surface area contributed by atoms with Gasteiger partial charge in [-0.1, -0.05) is 12.1 Å². The third-order valence-electron chi connectivity index (χ3n) is 3.53. The molecule has 0 spiro atoms. The average Bonchev–Trinajstić information content (AvgIpc) is 2.54. The van der Waals surface area contributed by atoms with Gasteiger partial charge in [-0.05, 0) is 48.9 Å². The van der Waals surface area contributed by atoms with E-state index in [1.165, 1.54) is 0 Å². The molecule has 5 heteroatoms. The van der Waals surface area contributed by atoms with Gasteiger partial charge >= 0.3 is 0 Å². The largest absolute Gasteiger partial charge is 0.497 e. The van der Waals surface area contributed by atoms with Gasteiger partial charge < -0.3 is 10.1 Å². The van der Waals surface area contributed by atoms with E-state index in [0.29, 0.717) is 0 Å². The van der Waals surface area contributed by atoms with Crippen molar-refractivity contribution in [1.82, 2.24) is 0 Å². The summed E-state index contributed by atoms with van der Waals surface area (Å²) < 4.78 is 5.16. The number of carbonyl (C=O) groups is 1. The predicted octanol–water partition coefficient (Wildman–Crippen LogP) is 2.88. The highest BCUT2D eigenvalue weighted by Gasteiger charge is 2.21. The minimum Gasteiger partial charge on any atom is -0.497 e. The second-order valence-corrected chi connectivity index (χ2v) is 5.04. The van der Waals surface area contributed by atoms with E-state index < -0.39 is 0 Å². The number of para-hydroxylation sites is 2. The highest BCUT2D eigenvalue weighted by atomic mass is 16.5. The molecule has 22 heavy (non-hydrogen) atoms.